The second kappa shape index (κ2) is 6.53. The summed E-state index contributed by atoms with van der Waals surface area (Å²) in [4.78, 5) is 0. The maximum absolute atomic E-state index is 4.23. The molecule has 0 aliphatic carbocycles. The highest BCUT2D eigenvalue weighted by Crippen LogP contribution is 2.22. The Kier molecular flexibility index (Phi) is 4.74. The summed E-state index contributed by atoms with van der Waals surface area (Å²) in [5, 5.41) is 7.82. The largest absolute Gasteiger partial charge is 0.310 e. The van der Waals surface area contributed by atoms with Gasteiger partial charge in [-0.25, -0.2) is 0 Å². The molecule has 1 aromatic carbocycles. The maximum Gasteiger partial charge on any atom is 0.0521 e. The van der Waals surface area contributed by atoms with Crippen LogP contribution in [0.15, 0.2) is 36.7 Å². The SMILES string of the molecule is CCNC(CCc1cnn(C)c1)c1ccccc1C. The minimum Gasteiger partial charge on any atom is -0.310 e. The van der Waals surface area contributed by atoms with E-state index in [1.54, 1.807) is 0 Å². The van der Waals surface area contributed by atoms with Crippen molar-refractivity contribution in [2.24, 2.45) is 7.05 Å². The first kappa shape index (κ1) is 13.8. The lowest BCUT2D eigenvalue weighted by atomic mass is 9.96. The summed E-state index contributed by atoms with van der Waals surface area (Å²) in [5.74, 6) is 0. The fourth-order valence-electron chi connectivity index (χ4n) is 2.50. The van der Waals surface area contributed by atoms with E-state index in [4.69, 9.17) is 0 Å². The van der Waals surface area contributed by atoms with E-state index in [0.29, 0.717) is 6.04 Å². The number of rotatable bonds is 6. The average Bonchev–Trinajstić information content (AvgIpc) is 2.81. The number of hydrogen-bond donors (Lipinski definition) is 1. The third-order valence-corrected chi connectivity index (χ3v) is 3.49. The van der Waals surface area contributed by atoms with Crippen molar-refractivity contribution in [3.8, 4) is 0 Å². The molecule has 1 unspecified atom stereocenters. The molecule has 0 aliphatic rings. The van der Waals surface area contributed by atoms with Crippen LogP contribution >= 0.6 is 0 Å². The molecule has 0 bridgehead atoms. The van der Waals surface area contributed by atoms with E-state index < -0.39 is 0 Å². The van der Waals surface area contributed by atoms with Gasteiger partial charge in [0.25, 0.3) is 0 Å². The molecule has 1 heterocycles. The quantitative estimate of drug-likeness (QED) is 0.862. The Labute approximate surface area is 115 Å². The molecule has 102 valence electrons. The van der Waals surface area contributed by atoms with Crippen LogP contribution in [0.5, 0.6) is 0 Å². The summed E-state index contributed by atoms with van der Waals surface area (Å²) >= 11 is 0. The molecule has 1 aromatic heterocycles. The second-order valence-electron chi connectivity index (χ2n) is 5.03. The van der Waals surface area contributed by atoms with Crippen LogP contribution in [0, 0.1) is 6.92 Å². The molecule has 0 radical (unpaired) electrons. The predicted molar refractivity (Wildman–Crippen MR) is 79.1 cm³/mol. The van der Waals surface area contributed by atoms with Gasteiger partial charge in [0.15, 0.2) is 0 Å². The summed E-state index contributed by atoms with van der Waals surface area (Å²) in [7, 11) is 1.96. The lowest BCUT2D eigenvalue weighted by Gasteiger charge is -2.20. The summed E-state index contributed by atoms with van der Waals surface area (Å²) in [6.07, 6.45) is 6.21. The fourth-order valence-corrected chi connectivity index (χ4v) is 2.50. The molecular formula is C16H23N3. The van der Waals surface area contributed by atoms with Crippen LogP contribution in [0.2, 0.25) is 0 Å². The normalized spacial score (nSPS) is 12.6. The summed E-state index contributed by atoms with van der Waals surface area (Å²) in [5.41, 5.74) is 4.08. The molecule has 2 aromatic rings. The molecule has 1 N–H and O–H groups in total. The van der Waals surface area contributed by atoms with E-state index in [2.05, 4.69) is 54.7 Å². The predicted octanol–water partition coefficient (Wildman–Crippen LogP) is 3.01. The monoisotopic (exact) mass is 257 g/mol. The zero-order valence-electron chi connectivity index (χ0n) is 12.1. The Bertz CT molecular complexity index is 516. The van der Waals surface area contributed by atoms with Crippen LogP contribution in [-0.2, 0) is 13.5 Å². The first-order valence-corrected chi connectivity index (χ1v) is 6.97. The molecule has 0 fully saturated rings. The van der Waals surface area contributed by atoms with E-state index in [1.807, 2.05) is 17.9 Å². The van der Waals surface area contributed by atoms with Gasteiger partial charge in [-0.15, -0.1) is 0 Å². The summed E-state index contributed by atoms with van der Waals surface area (Å²) < 4.78 is 1.87. The van der Waals surface area contributed by atoms with Gasteiger partial charge in [-0.3, -0.25) is 4.68 Å². The van der Waals surface area contributed by atoms with Crippen LogP contribution < -0.4 is 5.32 Å². The van der Waals surface area contributed by atoms with Gasteiger partial charge in [-0.2, -0.15) is 5.10 Å². The molecule has 0 saturated heterocycles. The van der Waals surface area contributed by atoms with Gasteiger partial charge >= 0.3 is 0 Å². The topological polar surface area (TPSA) is 29.9 Å². The Morgan fingerprint density at radius 2 is 2.11 bits per heavy atom. The van der Waals surface area contributed by atoms with Crippen molar-refractivity contribution >= 4 is 0 Å². The highest BCUT2D eigenvalue weighted by Gasteiger charge is 2.12. The molecule has 0 spiro atoms. The third-order valence-electron chi connectivity index (χ3n) is 3.49. The second-order valence-corrected chi connectivity index (χ2v) is 5.03. The van der Waals surface area contributed by atoms with Crippen LogP contribution in [0.25, 0.3) is 0 Å². The third kappa shape index (κ3) is 3.67. The van der Waals surface area contributed by atoms with Crippen LogP contribution in [0.1, 0.15) is 36.1 Å². The van der Waals surface area contributed by atoms with Crippen molar-refractivity contribution in [2.45, 2.75) is 32.7 Å². The van der Waals surface area contributed by atoms with E-state index in [-0.39, 0.29) is 0 Å². The Morgan fingerprint density at radius 1 is 1.32 bits per heavy atom. The van der Waals surface area contributed by atoms with Crippen molar-refractivity contribution in [1.29, 1.82) is 0 Å². The van der Waals surface area contributed by atoms with Crippen molar-refractivity contribution in [3.05, 3.63) is 53.3 Å². The Hall–Kier alpha value is -1.61. The van der Waals surface area contributed by atoms with E-state index in [1.165, 1.54) is 16.7 Å². The number of hydrogen-bond acceptors (Lipinski definition) is 2. The number of aromatic nitrogens is 2. The minimum absolute atomic E-state index is 0.423. The molecule has 0 aliphatic heterocycles. The Balaban J connectivity index is 2.06. The molecule has 1 atom stereocenters. The molecule has 19 heavy (non-hydrogen) atoms. The van der Waals surface area contributed by atoms with Gasteiger partial charge in [0.2, 0.25) is 0 Å². The van der Waals surface area contributed by atoms with Crippen molar-refractivity contribution in [1.82, 2.24) is 15.1 Å². The molecular weight excluding hydrogens is 234 g/mol. The summed E-state index contributed by atoms with van der Waals surface area (Å²) in [6.45, 7) is 5.34. The Morgan fingerprint density at radius 3 is 2.74 bits per heavy atom. The average molecular weight is 257 g/mol. The number of nitrogens with one attached hydrogen (secondary N) is 1. The first-order valence-electron chi connectivity index (χ1n) is 6.97. The van der Waals surface area contributed by atoms with Gasteiger partial charge in [-0.05, 0) is 43.0 Å². The highest BCUT2D eigenvalue weighted by atomic mass is 15.2. The molecule has 3 heteroatoms. The minimum atomic E-state index is 0.423. The van der Waals surface area contributed by atoms with Crippen LogP contribution in [0.3, 0.4) is 0 Å². The standard InChI is InChI=1S/C16H23N3/c1-4-17-16(15-8-6-5-7-13(15)2)10-9-14-11-18-19(3)12-14/h5-8,11-12,16-17H,4,9-10H2,1-3H3. The molecule has 0 amide bonds. The zero-order valence-corrected chi connectivity index (χ0v) is 12.1. The van der Waals surface area contributed by atoms with Crippen LogP contribution in [0.4, 0.5) is 0 Å². The lowest BCUT2D eigenvalue weighted by Crippen LogP contribution is -2.22. The van der Waals surface area contributed by atoms with Gasteiger partial charge in [0, 0.05) is 19.3 Å². The molecule has 2 rings (SSSR count). The fraction of sp³-hybridized carbons (Fsp3) is 0.438. The van der Waals surface area contributed by atoms with E-state index in [0.717, 1.165) is 19.4 Å². The van der Waals surface area contributed by atoms with Gasteiger partial charge in [-0.1, -0.05) is 31.2 Å². The summed E-state index contributed by atoms with van der Waals surface area (Å²) in [6, 6.07) is 9.06. The van der Waals surface area contributed by atoms with Gasteiger partial charge in [0.05, 0.1) is 6.20 Å². The van der Waals surface area contributed by atoms with Gasteiger partial charge < -0.3 is 5.32 Å². The maximum atomic E-state index is 4.23. The number of aryl methyl sites for hydroxylation is 3. The zero-order chi connectivity index (χ0) is 13.7. The van der Waals surface area contributed by atoms with Gasteiger partial charge in [0.1, 0.15) is 0 Å². The number of nitrogens with zero attached hydrogens (tertiary/aromatic N) is 2. The van der Waals surface area contributed by atoms with Crippen molar-refractivity contribution in [2.75, 3.05) is 6.54 Å². The van der Waals surface area contributed by atoms with Crippen LogP contribution in [-0.4, -0.2) is 16.3 Å². The molecule has 0 saturated carbocycles. The number of benzene rings is 1. The first-order chi connectivity index (χ1) is 9.20. The lowest BCUT2D eigenvalue weighted by molar-refractivity contribution is 0.513. The smallest absolute Gasteiger partial charge is 0.0521 e. The highest BCUT2D eigenvalue weighted by molar-refractivity contribution is 5.29. The molecule has 3 nitrogen and oxygen atoms in total. The van der Waals surface area contributed by atoms with E-state index in [9.17, 15) is 0 Å². The van der Waals surface area contributed by atoms with Crippen molar-refractivity contribution < 1.29 is 0 Å². The van der Waals surface area contributed by atoms with Crippen molar-refractivity contribution in [3.63, 3.8) is 0 Å². The van der Waals surface area contributed by atoms with E-state index >= 15 is 0 Å².